The monoisotopic (exact) mass is 280 g/mol. The standard InChI is InChI=1S/C12H20N6S/c1-17(2)12-14-4-3-10(16-12)9-15-11(13)18-5-7-19-8-6-18/h3-4H,5-9H2,1-2H3,(H2,13,15). The lowest BCUT2D eigenvalue weighted by atomic mass is 10.4. The Bertz CT molecular complexity index is 442. The van der Waals surface area contributed by atoms with E-state index in [1.54, 1.807) is 6.20 Å². The summed E-state index contributed by atoms with van der Waals surface area (Å²) >= 11 is 1.96. The molecule has 0 aliphatic carbocycles. The molecule has 0 radical (unpaired) electrons. The molecule has 0 atom stereocenters. The maximum atomic E-state index is 6.01. The number of aliphatic imine (C=N–C) groups is 1. The first kappa shape index (κ1) is 13.9. The number of hydrogen-bond donors (Lipinski definition) is 1. The average Bonchev–Trinajstić information content (AvgIpc) is 2.46. The maximum absolute atomic E-state index is 6.01. The summed E-state index contributed by atoms with van der Waals surface area (Å²) < 4.78 is 0. The van der Waals surface area contributed by atoms with Crippen LogP contribution in [0.15, 0.2) is 17.3 Å². The van der Waals surface area contributed by atoms with Crippen LogP contribution in [-0.4, -0.2) is 59.5 Å². The van der Waals surface area contributed by atoms with Gasteiger partial charge in [0.05, 0.1) is 12.2 Å². The summed E-state index contributed by atoms with van der Waals surface area (Å²) in [7, 11) is 3.84. The van der Waals surface area contributed by atoms with Gasteiger partial charge in [0, 0.05) is 44.9 Å². The lowest BCUT2D eigenvalue weighted by Crippen LogP contribution is -2.42. The van der Waals surface area contributed by atoms with Gasteiger partial charge in [0.25, 0.3) is 0 Å². The third-order valence-electron chi connectivity index (χ3n) is 2.84. The van der Waals surface area contributed by atoms with Crippen LogP contribution in [0.2, 0.25) is 0 Å². The van der Waals surface area contributed by atoms with E-state index >= 15 is 0 Å². The summed E-state index contributed by atoms with van der Waals surface area (Å²) in [5.74, 6) is 3.55. The molecule has 0 spiro atoms. The highest BCUT2D eigenvalue weighted by atomic mass is 32.2. The van der Waals surface area contributed by atoms with E-state index in [9.17, 15) is 0 Å². The van der Waals surface area contributed by atoms with Crippen molar-refractivity contribution in [1.29, 1.82) is 0 Å². The first-order chi connectivity index (χ1) is 9.16. The van der Waals surface area contributed by atoms with Crippen LogP contribution in [0.4, 0.5) is 5.95 Å². The minimum Gasteiger partial charge on any atom is -0.370 e. The SMILES string of the molecule is CN(C)c1nccc(CN=C(N)N2CCSCC2)n1. The van der Waals surface area contributed by atoms with Crippen LogP contribution in [0.5, 0.6) is 0 Å². The van der Waals surface area contributed by atoms with E-state index in [0.717, 1.165) is 30.3 Å². The van der Waals surface area contributed by atoms with Gasteiger partial charge in [-0.05, 0) is 6.07 Å². The topological polar surface area (TPSA) is 70.6 Å². The summed E-state index contributed by atoms with van der Waals surface area (Å²) in [4.78, 5) is 17.0. The van der Waals surface area contributed by atoms with Crippen LogP contribution in [0.25, 0.3) is 0 Å². The smallest absolute Gasteiger partial charge is 0.225 e. The summed E-state index contributed by atoms with van der Waals surface area (Å²) in [5, 5.41) is 0. The van der Waals surface area contributed by atoms with Crippen molar-refractivity contribution in [1.82, 2.24) is 14.9 Å². The van der Waals surface area contributed by atoms with Gasteiger partial charge >= 0.3 is 0 Å². The van der Waals surface area contributed by atoms with Crippen LogP contribution in [-0.2, 0) is 6.54 Å². The van der Waals surface area contributed by atoms with E-state index in [1.165, 1.54) is 0 Å². The van der Waals surface area contributed by atoms with Crippen molar-refractivity contribution in [2.45, 2.75) is 6.54 Å². The van der Waals surface area contributed by atoms with Crippen LogP contribution in [0.1, 0.15) is 5.69 Å². The zero-order valence-electron chi connectivity index (χ0n) is 11.4. The van der Waals surface area contributed by atoms with E-state index in [4.69, 9.17) is 5.73 Å². The molecule has 1 aliphatic rings. The van der Waals surface area contributed by atoms with Crippen molar-refractivity contribution in [3.63, 3.8) is 0 Å². The molecule has 2 heterocycles. The van der Waals surface area contributed by atoms with Gasteiger partial charge in [0.2, 0.25) is 5.95 Å². The Hall–Kier alpha value is -1.50. The Morgan fingerprint density at radius 3 is 2.89 bits per heavy atom. The molecular weight excluding hydrogens is 260 g/mol. The predicted octanol–water partition coefficient (Wildman–Crippen LogP) is 0.406. The summed E-state index contributed by atoms with van der Waals surface area (Å²) in [6.45, 7) is 2.46. The Balaban J connectivity index is 1.98. The first-order valence-corrected chi connectivity index (χ1v) is 7.44. The van der Waals surface area contributed by atoms with Gasteiger partial charge in [0.1, 0.15) is 0 Å². The van der Waals surface area contributed by atoms with E-state index < -0.39 is 0 Å². The van der Waals surface area contributed by atoms with Crippen molar-refractivity contribution in [2.24, 2.45) is 10.7 Å². The van der Waals surface area contributed by atoms with Gasteiger partial charge in [0.15, 0.2) is 5.96 Å². The van der Waals surface area contributed by atoms with Crippen LogP contribution < -0.4 is 10.6 Å². The molecule has 19 heavy (non-hydrogen) atoms. The van der Waals surface area contributed by atoms with Crippen LogP contribution in [0, 0.1) is 0 Å². The molecule has 0 aromatic carbocycles. The van der Waals surface area contributed by atoms with Crippen molar-refractivity contribution < 1.29 is 0 Å². The third kappa shape index (κ3) is 3.99. The number of nitrogens with two attached hydrogens (primary N) is 1. The van der Waals surface area contributed by atoms with Crippen LogP contribution in [0.3, 0.4) is 0 Å². The Kier molecular flexibility index (Phi) is 4.84. The third-order valence-corrected chi connectivity index (χ3v) is 3.78. The fraction of sp³-hybridized carbons (Fsp3) is 0.583. The van der Waals surface area contributed by atoms with Crippen LogP contribution >= 0.6 is 11.8 Å². The quantitative estimate of drug-likeness (QED) is 0.638. The number of hydrogen-bond acceptors (Lipinski definition) is 5. The molecule has 1 saturated heterocycles. The molecule has 1 fully saturated rings. The first-order valence-electron chi connectivity index (χ1n) is 6.28. The normalized spacial score (nSPS) is 16.5. The molecule has 1 aliphatic heterocycles. The average molecular weight is 280 g/mol. The van der Waals surface area contributed by atoms with Gasteiger partial charge in [-0.1, -0.05) is 0 Å². The molecule has 0 bridgehead atoms. The molecule has 1 aromatic rings. The van der Waals surface area contributed by atoms with E-state index in [0.29, 0.717) is 18.5 Å². The molecule has 0 saturated carbocycles. The molecule has 1 aromatic heterocycles. The summed E-state index contributed by atoms with van der Waals surface area (Å²) in [5.41, 5.74) is 6.89. The van der Waals surface area contributed by atoms with Gasteiger partial charge < -0.3 is 15.5 Å². The highest BCUT2D eigenvalue weighted by molar-refractivity contribution is 7.99. The fourth-order valence-corrected chi connectivity index (χ4v) is 2.65. The van der Waals surface area contributed by atoms with Crippen molar-refractivity contribution in [2.75, 3.05) is 43.6 Å². The number of aromatic nitrogens is 2. The molecule has 7 heteroatoms. The number of anilines is 1. The van der Waals surface area contributed by atoms with E-state index in [2.05, 4.69) is 19.9 Å². The zero-order valence-corrected chi connectivity index (χ0v) is 12.2. The van der Waals surface area contributed by atoms with Crippen molar-refractivity contribution in [3.8, 4) is 0 Å². The summed E-state index contributed by atoms with van der Waals surface area (Å²) in [6, 6.07) is 1.87. The Morgan fingerprint density at radius 1 is 1.47 bits per heavy atom. The molecule has 2 rings (SSSR count). The highest BCUT2D eigenvalue weighted by Gasteiger charge is 2.12. The molecule has 6 nitrogen and oxygen atoms in total. The molecule has 2 N–H and O–H groups in total. The second-order valence-corrected chi connectivity index (χ2v) is 5.74. The fourth-order valence-electron chi connectivity index (χ4n) is 1.74. The van der Waals surface area contributed by atoms with Gasteiger partial charge in [-0.25, -0.2) is 15.0 Å². The minimum atomic E-state index is 0.499. The lowest BCUT2D eigenvalue weighted by Gasteiger charge is -2.27. The van der Waals surface area contributed by atoms with E-state index in [-0.39, 0.29) is 0 Å². The number of rotatable bonds is 3. The molecule has 104 valence electrons. The molecule has 0 amide bonds. The Morgan fingerprint density at radius 2 is 2.21 bits per heavy atom. The van der Waals surface area contributed by atoms with Gasteiger partial charge in [-0.3, -0.25) is 0 Å². The van der Waals surface area contributed by atoms with Crippen molar-refractivity contribution >= 4 is 23.7 Å². The number of thioether (sulfide) groups is 1. The number of nitrogens with zero attached hydrogens (tertiary/aromatic N) is 5. The zero-order chi connectivity index (χ0) is 13.7. The predicted molar refractivity (Wildman–Crippen MR) is 80.6 cm³/mol. The van der Waals surface area contributed by atoms with Gasteiger partial charge in [-0.15, -0.1) is 0 Å². The highest BCUT2D eigenvalue weighted by Crippen LogP contribution is 2.09. The van der Waals surface area contributed by atoms with Gasteiger partial charge in [-0.2, -0.15) is 11.8 Å². The minimum absolute atomic E-state index is 0.499. The summed E-state index contributed by atoms with van der Waals surface area (Å²) in [6.07, 6.45) is 1.75. The molecule has 0 unspecified atom stereocenters. The van der Waals surface area contributed by atoms with Crippen molar-refractivity contribution in [3.05, 3.63) is 18.0 Å². The second kappa shape index (κ2) is 6.60. The van der Waals surface area contributed by atoms with E-state index in [1.807, 2.05) is 36.8 Å². The number of guanidine groups is 1. The second-order valence-electron chi connectivity index (χ2n) is 4.52. The largest absolute Gasteiger partial charge is 0.370 e. The lowest BCUT2D eigenvalue weighted by molar-refractivity contribution is 0.455. The maximum Gasteiger partial charge on any atom is 0.225 e. The molecular formula is C12H20N6S. The Labute approximate surface area is 118 Å².